The smallest absolute Gasteiger partial charge is 0.146 e. The highest BCUT2D eigenvalue weighted by molar-refractivity contribution is 7.16. The highest BCUT2D eigenvalue weighted by Gasteiger charge is 2.18. The molecule has 2 aromatic heterocycles. The molecule has 3 aromatic rings. The van der Waals surface area contributed by atoms with E-state index in [0.717, 1.165) is 26.9 Å². The average molecular weight is 341 g/mol. The van der Waals surface area contributed by atoms with Gasteiger partial charge in [0, 0.05) is 4.88 Å². The number of alkyl halides is 1. The number of aromatic nitrogens is 2. The normalized spacial score (nSPS) is 12.8. The van der Waals surface area contributed by atoms with Gasteiger partial charge in [-0.1, -0.05) is 17.7 Å². The van der Waals surface area contributed by atoms with E-state index < -0.39 is 0 Å². The van der Waals surface area contributed by atoms with Crippen LogP contribution in [0.2, 0.25) is 4.34 Å². The molecule has 0 radical (unpaired) electrons. The highest BCUT2D eigenvalue weighted by atomic mass is 35.5. The molecule has 0 aliphatic heterocycles. The Balaban J connectivity index is 2.16. The van der Waals surface area contributed by atoms with Crippen LogP contribution in [0.25, 0.3) is 11.0 Å². The van der Waals surface area contributed by atoms with Crippen molar-refractivity contribution in [1.82, 2.24) is 9.55 Å². The first kappa shape index (κ1) is 14.7. The van der Waals surface area contributed by atoms with Crippen molar-refractivity contribution in [3.8, 4) is 5.75 Å². The zero-order chi connectivity index (χ0) is 15.0. The molecule has 0 fully saturated rings. The van der Waals surface area contributed by atoms with Gasteiger partial charge in [0.2, 0.25) is 0 Å². The molecule has 0 saturated heterocycles. The van der Waals surface area contributed by atoms with E-state index in [4.69, 9.17) is 27.9 Å². The van der Waals surface area contributed by atoms with Crippen molar-refractivity contribution in [3.63, 3.8) is 0 Å². The molecular weight excluding hydrogens is 327 g/mol. The van der Waals surface area contributed by atoms with E-state index in [9.17, 15) is 0 Å². The lowest BCUT2D eigenvalue weighted by Gasteiger charge is -2.09. The molecule has 0 bridgehead atoms. The van der Waals surface area contributed by atoms with Crippen LogP contribution >= 0.6 is 34.5 Å². The van der Waals surface area contributed by atoms with Crippen molar-refractivity contribution in [1.29, 1.82) is 0 Å². The highest BCUT2D eigenvalue weighted by Crippen LogP contribution is 2.32. The molecule has 2 heterocycles. The number of thiophene rings is 1. The first-order chi connectivity index (χ1) is 10.1. The summed E-state index contributed by atoms with van der Waals surface area (Å²) in [5.74, 6) is 1.59. The van der Waals surface area contributed by atoms with E-state index in [0.29, 0.717) is 6.54 Å². The fraction of sp³-hybridized carbons (Fsp3) is 0.267. The summed E-state index contributed by atoms with van der Waals surface area (Å²) >= 11 is 13.9. The van der Waals surface area contributed by atoms with Crippen LogP contribution < -0.4 is 4.74 Å². The van der Waals surface area contributed by atoms with Crippen LogP contribution in [0.1, 0.15) is 23.0 Å². The van der Waals surface area contributed by atoms with Gasteiger partial charge >= 0.3 is 0 Å². The second-order valence-corrected chi connectivity index (χ2v) is 7.16. The van der Waals surface area contributed by atoms with Crippen molar-refractivity contribution in [2.75, 3.05) is 7.11 Å². The first-order valence-electron chi connectivity index (χ1n) is 6.51. The first-order valence-corrected chi connectivity index (χ1v) is 8.14. The lowest BCUT2D eigenvalue weighted by molar-refractivity contribution is 0.419. The number of halogens is 2. The molecule has 0 spiro atoms. The van der Waals surface area contributed by atoms with Crippen molar-refractivity contribution >= 4 is 45.6 Å². The lowest BCUT2D eigenvalue weighted by atomic mass is 10.3. The quantitative estimate of drug-likeness (QED) is 0.617. The number of hydrogen-bond acceptors (Lipinski definition) is 3. The van der Waals surface area contributed by atoms with Crippen LogP contribution in [0, 0.1) is 0 Å². The van der Waals surface area contributed by atoms with E-state index in [-0.39, 0.29) is 5.38 Å². The Morgan fingerprint density at radius 2 is 2.14 bits per heavy atom. The molecule has 6 heteroatoms. The van der Waals surface area contributed by atoms with Gasteiger partial charge in [0.15, 0.2) is 0 Å². The summed E-state index contributed by atoms with van der Waals surface area (Å²) in [6.45, 7) is 2.63. The van der Waals surface area contributed by atoms with E-state index in [1.165, 1.54) is 4.88 Å². The molecule has 1 aromatic carbocycles. The number of rotatable bonds is 4. The Hall–Kier alpha value is -1.23. The van der Waals surface area contributed by atoms with Gasteiger partial charge in [0.1, 0.15) is 17.1 Å². The van der Waals surface area contributed by atoms with E-state index in [2.05, 4.69) is 9.55 Å². The maximum absolute atomic E-state index is 6.30. The molecule has 110 valence electrons. The van der Waals surface area contributed by atoms with Crippen LogP contribution in [0.4, 0.5) is 0 Å². The van der Waals surface area contributed by atoms with Gasteiger partial charge in [-0.15, -0.1) is 22.9 Å². The Bertz CT molecular complexity index is 779. The second-order valence-electron chi connectivity index (χ2n) is 4.71. The molecular formula is C15H14Cl2N2OS. The Morgan fingerprint density at radius 1 is 1.33 bits per heavy atom. The van der Waals surface area contributed by atoms with Gasteiger partial charge in [-0.2, -0.15) is 0 Å². The SMILES string of the molecule is COc1cccc2c1nc(C(C)Cl)n2Cc1ccc(Cl)s1. The summed E-state index contributed by atoms with van der Waals surface area (Å²) < 4.78 is 8.30. The van der Waals surface area contributed by atoms with Crippen LogP contribution in [-0.4, -0.2) is 16.7 Å². The summed E-state index contributed by atoms with van der Waals surface area (Å²) in [6, 6.07) is 9.84. The standard InChI is InChI=1S/C15H14Cl2N2OS/c1-9(16)15-18-14-11(4-3-5-12(14)20-2)19(15)8-10-6-7-13(17)21-10/h3-7,9H,8H2,1-2H3. The minimum Gasteiger partial charge on any atom is -0.494 e. The summed E-state index contributed by atoms with van der Waals surface area (Å²) in [6.07, 6.45) is 0. The molecule has 0 N–H and O–H groups in total. The summed E-state index contributed by atoms with van der Waals surface area (Å²) in [5, 5.41) is -0.183. The largest absolute Gasteiger partial charge is 0.494 e. The van der Waals surface area contributed by atoms with Crippen molar-refractivity contribution in [2.45, 2.75) is 18.8 Å². The van der Waals surface area contributed by atoms with Crippen LogP contribution in [0.5, 0.6) is 5.75 Å². The topological polar surface area (TPSA) is 27.1 Å². The zero-order valence-electron chi connectivity index (χ0n) is 11.6. The van der Waals surface area contributed by atoms with Gasteiger partial charge in [-0.3, -0.25) is 0 Å². The van der Waals surface area contributed by atoms with Gasteiger partial charge in [0.05, 0.1) is 28.9 Å². The van der Waals surface area contributed by atoms with E-state index in [1.807, 2.05) is 37.3 Å². The fourth-order valence-electron chi connectivity index (χ4n) is 2.37. The fourth-order valence-corrected chi connectivity index (χ4v) is 3.61. The molecule has 0 aliphatic carbocycles. The van der Waals surface area contributed by atoms with Crippen molar-refractivity contribution in [2.24, 2.45) is 0 Å². The number of para-hydroxylation sites is 1. The molecule has 3 nitrogen and oxygen atoms in total. The van der Waals surface area contributed by atoms with Crippen LogP contribution in [0.3, 0.4) is 0 Å². The van der Waals surface area contributed by atoms with E-state index >= 15 is 0 Å². The Kier molecular flexibility index (Phi) is 4.11. The number of ether oxygens (including phenoxy) is 1. The number of fused-ring (bicyclic) bond motifs is 1. The monoisotopic (exact) mass is 340 g/mol. The number of methoxy groups -OCH3 is 1. The van der Waals surface area contributed by atoms with Gasteiger partial charge < -0.3 is 9.30 Å². The number of hydrogen-bond donors (Lipinski definition) is 0. The van der Waals surface area contributed by atoms with Crippen molar-refractivity contribution < 1.29 is 4.74 Å². The maximum atomic E-state index is 6.30. The third-order valence-electron chi connectivity index (χ3n) is 3.29. The number of imidazole rings is 1. The Morgan fingerprint density at radius 3 is 2.76 bits per heavy atom. The molecule has 21 heavy (non-hydrogen) atoms. The van der Waals surface area contributed by atoms with Gasteiger partial charge in [-0.25, -0.2) is 4.98 Å². The molecule has 1 atom stereocenters. The molecule has 3 rings (SSSR count). The Labute approximate surface area is 137 Å². The maximum Gasteiger partial charge on any atom is 0.146 e. The lowest BCUT2D eigenvalue weighted by Crippen LogP contribution is -2.04. The molecule has 0 saturated carbocycles. The van der Waals surface area contributed by atoms with E-state index in [1.54, 1.807) is 18.4 Å². The molecule has 0 aliphatic rings. The molecule has 0 amide bonds. The zero-order valence-corrected chi connectivity index (χ0v) is 14.0. The number of nitrogens with zero attached hydrogens (tertiary/aromatic N) is 2. The van der Waals surface area contributed by atoms with Crippen LogP contribution in [0.15, 0.2) is 30.3 Å². The summed E-state index contributed by atoms with van der Waals surface area (Å²) in [7, 11) is 1.65. The predicted molar refractivity (Wildman–Crippen MR) is 89.0 cm³/mol. The minimum atomic E-state index is -0.183. The number of benzene rings is 1. The van der Waals surface area contributed by atoms with Crippen molar-refractivity contribution in [3.05, 3.63) is 45.4 Å². The predicted octanol–water partition coefficient (Wildman–Crippen LogP) is 5.11. The summed E-state index contributed by atoms with van der Waals surface area (Å²) in [5.41, 5.74) is 1.85. The minimum absolute atomic E-state index is 0.183. The second kappa shape index (κ2) is 5.87. The average Bonchev–Trinajstić information content (AvgIpc) is 3.03. The summed E-state index contributed by atoms with van der Waals surface area (Å²) in [4.78, 5) is 5.83. The third-order valence-corrected chi connectivity index (χ3v) is 4.70. The third kappa shape index (κ3) is 2.76. The molecule has 1 unspecified atom stereocenters. The van der Waals surface area contributed by atoms with Crippen LogP contribution in [-0.2, 0) is 6.54 Å². The van der Waals surface area contributed by atoms with Gasteiger partial charge in [-0.05, 0) is 31.2 Å². The van der Waals surface area contributed by atoms with Gasteiger partial charge in [0.25, 0.3) is 0 Å².